The highest BCUT2D eigenvalue weighted by Gasteiger charge is 2.39. The summed E-state index contributed by atoms with van der Waals surface area (Å²) in [6.45, 7) is 4.16. The van der Waals surface area contributed by atoms with Crippen molar-refractivity contribution in [3.63, 3.8) is 0 Å². The number of ether oxygens (including phenoxy) is 2. The second-order valence-corrected chi connectivity index (χ2v) is 11.7. The predicted molar refractivity (Wildman–Crippen MR) is 159 cm³/mol. The predicted octanol–water partition coefficient (Wildman–Crippen LogP) is 4.28. The molecule has 2 N–H and O–H groups in total. The Morgan fingerprint density at radius 3 is 2.56 bits per heavy atom. The van der Waals surface area contributed by atoms with Gasteiger partial charge in [-0.3, -0.25) is 14.4 Å². The molecular formula is C32H29FN4O5S. The molecule has 0 unspecified atom stereocenters. The van der Waals surface area contributed by atoms with Crippen molar-refractivity contribution in [2.75, 3.05) is 19.7 Å². The van der Waals surface area contributed by atoms with Gasteiger partial charge in [0.2, 0.25) is 0 Å². The Kier molecular flexibility index (Phi) is 7.81. The van der Waals surface area contributed by atoms with Crippen LogP contribution in [-0.4, -0.2) is 59.4 Å². The first kappa shape index (κ1) is 28.4. The molecule has 11 heteroatoms. The maximum Gasteiger partial charge on any atom is 0.266 e. The van der Waals surface area contributed by atoms with E-state index in [9.17, 15) is 14.4 Å². The third-order valence-electron chi connectivity index (χ3n) is 7.42. The molecule has 3 aromatic carbocycles. The largest absolute Gasteiger partial charge is 0.486 e. The van der Waals surface area contributed by atoms with Gasteiger partial charge in [0.15, 0.2) is 6.61 Å². The summed E-state index contributed by atoms with van der Waals surface area (Å²) in [5, 5.41) is 6.56. The number of aromatic nitrogens is 1. The van der Waals surface area contributed by atoms with E-state index >= 15 is 4.39 Å². The number of hydrogen-bond acceptors (Lipinski definition) is 7. The van der Waals surface area contributed by atoms with Crippen LogP contribution >= 0.6 is 11.3 Å². The number of aryl methyl sites for hydroxylation is 2. The molecule has 3 aliphatic heterocycles. The minimum atomic E-state index is -0.679. The van der Waals surface area contributed by atoms with Crippen molar-refractivity contribution >= 4 is 29.1 Å². The lowest BCUT2D eigenvalue weighted by Crippen LogP contribution is -2.45. The maximum atomic E-state index is 15.0. The number of thiazole rings is 1. The van der Waals surface area contributed by atoms with Gasteiger partial charge >= 0.3 is 0 Å². The van der Waals surface area contributed by atoms with Gasteiger partial charge in [-0.05, 0) is 66.9 Å². The number of amides is 3. The molecule has 1 fully saturated rings. The van der Waals surface area contributed by atoms with Crippen molar-refractivity contribution in [2.24, 2.45) is 0 Å². The SMILES string of the molecule is Cc1nc(C)c(C(=O)N2C[C@@H]3NC(=O)c4cc(ccc4F)-c4cccc(c4)OCC(=O)NCc4ccc(cc4)O[C@H]3C2)s1. The van der Waals surface area contributed by atoms with Crippen LogP contribution in [0, 0.1) is 19.7 Å². The van der Waals surface area contributed by atoms with Crippen LogP contribution in [0.1, 0.15) is 36.3 Å². The summed E-state index contributed by atoms with van der Waals surface area (Å²) >= 11 is 1.32. The van der Waals surface area contributed by atoms with Gasteiger partial charge in [0, 0.05) is 13.1 Å². The average Bonchev–Trinajstić information content (AvgIpc) is 3.56. The molecule has 43 heavy (non-hydrogen) atoms. The van der Waals surface area contributed by atoms with Crippen LogP contribution in [-0.2, 0) is 11.3 Å². The summed E-state index contributed by atoms with van der Waals surface area (Å²) in [5.41, 5.74) is 2.66. The van der Waals surface area contributed by atoms with Gasteiger partial charge in [-0.15, -0.1) is 11.3 Å². The Balaban J connectivity index is 1.34. The fourth-order valence-corrected chi connectivity index (χ4v) is 6.11. The monoisotopic (exact) mass is 600 g/mol. The van der Waals surface area contributed by atoms with Crippen molar-refractivity contribution in [1.29, 1.82) is 0 Å². The van der Waals surface area contributed by atoms with Crippen molar-refractivity contribution in [1.82, 2.24) is 20.5 Å². The molecule has 4 aromatic rings. The van der Waals surface area contributed by atoms with Crippen molar-refractivity contribution in [3.05, 3.63) is 99.3 Å². The molecule has 1 saturated heterocycles. The van der Waals surface area contributed by atoms with E-state index in [1.165, 1.54) is 23.5 Å². The van der Waals surface area contributed by atoms with Crippen LogP contribution in [0.2, 0.25) is 0 Å². The minimum absolute atomic E-state index is 0.139. The zero-order valence-electron chi connectivity index (χ0n) is 23.6. The first-order chi connectivity index (χ1) is 20.7. The maximum absolute atomic E-state index is 15.0. The number of nitrogens with zero attached hydrogens (tertiary/aromatic N) is 2. The highest BCUT2D eigenvalue weighted by molar-refractivity contribution is 7.13. The van der Waals surface area contributed by atoms with E-state index in [-0.39, 0.29) is 37.1 Å². The molecular weight excluding hydrogens is 571 g/mol. The molecule has 9 nitrogen and oxygen atoms in total. The number of hydrogen-bond donors (Lipinski definition) is 2. The number of nitrogens with one attached hydrogen (secondary N) is 2. The summed E-state index contributed by atoms with van der Waals surface area (Å²) < 4.78 is 27.0. The molecule has 3 aliphatic rings. The number of likely N-dealkylation sites (tertiary alicyclic amines) is 1. The Morgan fingerprint density at radius 1 is 1.00 bits per heavy atom. The normalized spacial score (nSPS) is 18.6. The van der Waals surface area contributed by atoms with Gasteiger partial charge in [-0.2, -0.15) is 0 Å². The number of rotatable bonds is 1. The van der Waals surface area contributed by atoms with Gasteiger partial charge in [-0.1, -0.05) is 30.3 Å². The summed E-state index contributed by atoms with van der Waals surface area (Å²) in [6, 6.07) is 17.9. The molecule has 2 atom stereocenters. The van der Waals surface area contributed by atoms with E-state index in [0.717, 1.165) is 10.6 Å². The Morgan fingerprint density at radius 2 is 1.79 bits per heavy atom. The van der Waals surface area contributed by atoms with Crippen LogP contribution < -0.4 is 20.1 Å². The Bertz CT molecular complexity index is 1710. The van der Waals surface area contributed by atoms with Gasteiger partial charge in [0.25, 0.3) is 17.7 Å². The zero-order chi connectivity index (χ0) is 30.1. The average molecular weight is 601 g/mol. The molecule has 0 saturated carbocycles. The lowest BCUT2D eigenvalue weighted by atomic mass is 10.0. The van der Waals surface area contributed by atoms with E-state index in [1.54, 1.807) is 48.2 Å². The van der Waals surface area contributed by atoms with Gasteiger partial charge in [0.05, 0.1) is 28.9 Å². The Hall–Kier alpha value is -4.77. The van der Waals surface area contributed by atoms with Crippen LogP contribution in [0.25, 0.3) is 11.1 Å². The molecule has 0 radical (unpaired) electrons. The third-order valence-corrected chi connectivity index (χ3v) is 8.48. The van der Waals surface area contributed by atoms with E-state index < -0.39 is 23.9 Å². The minimum Gasteiger partial charge on any atom is -0.486 e. The standard InChI is InChI=1S/C32H29FN4O5S/c1-18-30(43-19(2)35-18)32(40)37-15-27-28(16-37)42-23-9-6-20(7-10-23)14-34-29(38)17-41-24-5-3-4-21(12-24)22-8-11-26(33)25(13-22)31(39)36-27/h3-13,27-28H,14-17H2,1-2H3,(H,34,38)(H,36,39)/t27-,28-/m0/s1. The van der Waals surface area contributed by atoms with Gasteiger partial charge < -0.3 is 25.0 Å². The van der Waals surface area contributed by atoms with Crippen LogP contribution in [0.4, 0.5) is 4.39 Å². The summed E-state index contributed by atoms with van der Waals surface area (Å²) in [5.74, 6) is -0.786. The summed E-state index contributed by atoms with van der Waals surface area (Å²) in [4.78, 5) is 46.0. The molecule has 1 aromatic heterocycles. The second kappa shape index (κ2) is 11.8. The van der Waals surface area contributed by atoms with E-state index in [1.807, 2.05) is 25.1 Å². The number of fused-ring (bicyclic) bond motifs is 7. The van der Waals surface area contributed by atoms with Gasteiger partial charge in [0.1, 0.15) is 28.3 Å². The molecule has 0 spiro atoms. The fourth-order valence-electron chi connectivity index (χ4n) is 5.22. The summed E-state index contributed by atoms with van der Waals surface area (Å²) in [7, 11) is 0. The topological polar surface area (TPSA) is 110 Å². The first-order valence-corrected chi connectivity index (χ1v) is 14.6. The van der Waals surface area contributed by atoms with E-state index in [4.69, 9.17) is 9.47 Å². The zero-order valence-corrected chi connectivity index (χ0v) is 24.4. The first-order valence-electron chi connectivity index (χ1n) is 13.8. The van der Waals surface area contributed by atoms with Crippen LogP contribution in [0.5, 0.6) is 11.5 Å². The van der Waals surface area contributed by atoms with E-state index in [2.05, 4.69) is 15.6 Å². The Labute approximate surface area is 251 Å². The van der Waals surface area contributed by atoms with Crippen LogP contribution in [0.15, 0.2) is 66.7 Å². The second-order valence-electron chi connectivity index (χ2n) is 10.5. The molecule has 220 valence electrons. The molecule has 4 heterocycles. The lowest BCUT2D eigenvalue weighted by Gasteiger charge is -2.21. The van der Waals surface area contributed by atoms with E-state index in [0.29, 0.717) is 39.7 Å². The van der Waals surface area contributed by atoms with Crippen molar-refractivity contribution in [2.45, 2.75) is 32.5 Å². The van der Waals surface area contributed by atoms with Gasteiger partial charge in [-0.25, -0.2) is 9.37 Å². The highest BCUT2D eigenvalue weighted by atomic mass is 32.1. The van der Waals surface area contributed by atoms with Crippen LogP contribution in [0.3, 0.4) is 0 Å². The summed E-state index contributed by atoms with van der Waals surface area (Å²) in [6.07, 6.45) is -0.599. The fraction of sp³-hybridized carbons (Fsp3) is 0.250. The van der Waals surface area contributed by atoms with Crippen molar-refractivity contribution in [3.8, 4) is 22.6 Å². The lowest BCUT2D eigenvalue weighted by molar-refractivity contribution is -0.123. The van der Waals surface area contributed by atoms with Crippen molar-refractivity contribution < 1.29 is 28.2 Å². The molecule has 6 bridgehead atoms. The highest BCUT2D eigenvalue weighted by Crippen LogP contribution is 2.28. The number of halogens is 1. The number of benzene rings is 3. The quantitative estimate of drug-likeness (QED) is 0.338. The third kappa shape index (κ3) is 6.21. The number of carbonyl (C=O) groups excluding carboxylic acids is 3. The molecule has 0 aliphatic carbocycles. The molecule has 7 rings (SSSR count). The number of carbonyl (C=O) groups is 3. The smallest absolute Gasteiger partial charge is 0.266 e. The molecule has 3 amide bonds.